The van der Waals surface area contributed by atoms with Crippen molar-refractivity contribution in [3.8, 4) is 5.88 Å². The molecule has 9 heteroatoms. The lowest BCUT2D eigenvalue weighted by molar-refractivity contribution is 0.252. The maximum atomic E-state index is 11.8. The van der Waals surface area contributed by atoms with Crippen LogP contribution in [0.15, 0.2) is 45.0 Å². The Kier molecular flexibility index (Phi) is 4.92. The number of hydrogen-bond acceptors (Lipinski definition) is 5. The fourth-order valence-corrected chi connectivity index (χ4v) is 1.85. The van der Waals surface area contributed by atoms with Gasteiger partial charge in [0, 0.05) is 5.69 Å². The number of aromatic amines is 2. The van der Waals surface area contributed by atoms with Gasteiger partial charge in [0.05, 0.1) is 5.71 Å². The Morgan fingerprint density at radius 2 is 1.91 bits per heavy atom. The molecule has 9 nitrogen and oxygen atoms in total. The van der Waals surface area contributed by atoms with E-state index in [1.807, 2.05) is 11.1 Å². The third kappa shape index (κ3) is 4.06. The second kappa shape index (κ2) is 7.07. The number of anilines is 1. The standard InChI is InChI=1S/C14H15N5O4/c1-2-9(10-11(20)16-13(22)17-12(10)21)18-19-14(23)15-8-6-4-3-5-7-8/h3-7H,2H2,1H3,(H2,15,19,23)(H3,16,17,20,21,22)/b18-9-. The summed E-state index contributed by atoms with van der Waals surface area (Å²) in [4.78, 5) is 38.6. The van der Waals surface area contributed by atoms with Crippen LogP contribution in [0.1, 0.15) is 18.9 Å². The third-order valence-corrected chi connectivity index (χ3v) is 2.87. The van der Waals surface area contributed by atoms with Crippen molar-refractivity contribution in [1.29, 1.82) is 0 Å². The van der Waals surface area contributed by atoms with Gasteiger partial charge in [-0.05, 0) is 18.6 Å². The van der Waals surface area contributed by atoms with E-state index in [-0.39, 0.29) is 17.7 Å². The fraction of sp³-hybridized carbons (Fsp3) is 0.143. The molecule has 1 aromatic carbocycles. The zero-order valence-corrected chi connectivity index (χ0v) is 12.2. The van der Waals surface area contributed by atoms with Gasteiger partial charge < -0.3 is 10.4 Å². The minimum absolute atomic E-state index is 0.114. The van der Waals surface area contributed by atoms with Crippen molar-refractivity contribution in [2.45, 2.75) is 13.3 Å². The Morgan fingerprint density at radius 3 is 2.52 bits per heavy atom. The van der Waals surface area contributed by atoms with Crippen LogP contribution in [0.3, 0.4) is 0 Å². The molecule has 0 atom stereocenters. The predicted octanol–water partition coefficient (Wildman–Crippen LogP) is 0.705. The largest absolute Gasteiger partial charge is 0.494 e. The average molecular weight is 317 g/mol. The molecule has 0 unspecified atom stereocenters. The molecule has 0 saturated carbocycles. The second-order valence-electron chi connectivity index (χ2n) is 4.48. The van der Waals surface area contributed by atoms with Crippen LogP contribution in [0.2, 0.25) is 0 Å². The summed E-state index contributed by atoms with van der Waals surface area (Å²) in [6, 6.07) is 8.11. The SMILES string of the molecule is CC/C(=N/NC(=O)Nc1ccccc1)c1c(O)[nH]c(=O)[nH]c1=O. The Balaban J connectivity index is 2.18. The van der Waals surface area contributed by atoms with Gasteiger partial charge in [-0.1, -0.05) is 25.1 Å². The van der Waals surface area contributed by atoms with Gasteiger partial charge >= 0.3 is 11.7 Å². The van der Waals surface area contributed by atoms with E-state index in [2.05, 4.69) is 20.8 Å². The Morgan fingerprint density at radius 1 is 1.22 bits per heavy atom. The molecule has 0 aliphatic rings. The molecule has 2 rings (SSSR count). The number of nitrogens with one attached hydrogen (secondary N) is 4. The first kappa shape index (κ1) is 16.0. The number of rotatable bonds is 4. The number of aromatic hydroxyl groups is 1. The Labute approximate surface area is 130 Å². The molecule has 0 saturated heterocycles. The quantitative estimate of drug-likeness (QED) is 0.418. The molecule has 0 radical (unpaired) electrons. The van der Waals surface area contributed by atoms with Crippen LogP contribution in [-0.4, -0.2) is 26.8 Å². The topological polar surface area (TPSA) is 139 Å². The molecule has 1 heterocycles. The molecule has 0 aliphatic heterocycles. The maximum absolute atomic E-state index is 11.8. The van der Waals surface area contributed by atoms with E-state index in [9.17, 15) is 19.5 Å². The second-order valence-corrected chi connectivity index (χ2v) is 4.48. The highest BCUT2D eigenvalue weighted by molar-refractivity contribution is 6.02. The van der Waals surface area contributed by atoms with Gasteiger partial charge in [0.25, 0.3) is 5.56 Å². The number of amides is 2. The van der Waals surface area contributed by atoms with Gasteiger partial charge in [-0.3, -0.25) is 14.8 Å². The van der Waals surface area contributed by atoms with Gasteiger partial charge in [-0.2, -0.15) is 5.10 Å². The number of hydrogen-bond donors (Lipinski definition) is 5. The van der Waals surface area contributed by atoms with E-state index in [1.54, 1.807) is 31.2 Å². The lowest BCUT2D eigenvalue weighted by Gasteiger charge is -2.07. The molecular weight excluding hydrogens is 302 g/mol. The molecule has 0 bridgehead atoms. The number of para-hydroxylation sites is 1. The number of carbonyl (C=O) groups is 1. The Hall–Kier alpha value is -3.36. The minimum Gasteiger partial charge on any atom is -0.494 e. The zero-order chi connectivity index (χ0) is 16.8. The van der Waals surface area contributed by atoms with E-state index in [4.69, 9.17) is 0 Å². The van der Waals surface area contributed by atoms with E-state index in [1.165, 1.54) is 0 Å². The number of aromatic nitrogens is 2. The molecule has 2 amide bonds. The first-order chi connectivity index (χ1) is 11.0. The number of urea groups is 1. The molecule has 120 valence electrons. The van der Waals surface area contributed by atoms with Gasteiger partial charge in [-0.15, -0.1) is 0 Å². The van der Waals surface area contributed by atoms with E-state index >= 15 is 0 Å². The van der Waals surface area contributed by atoms with Gasteiger partial charge in [-0.25, -0.2) is 15.0 Å². The highest BCUT2D eigenvalue weighted by atomic mass is 16.3. The average Bonchev–Trinajstić information content (AvgIpc) is 2.50. The number of carbonyl (C=O) groups excluding carboxylic acids is 1. The van der Waals surface area contributed by atoms with Gasteiger partial charge in [0.2, 0.25) is 5.88 Å². The van der Waals surface area contributed by atoms with Gasteiger partial charge in [0.15, 0.2) is 0 Å². The van der Waals surface area contributed by atoms with Crippen molar-refractivity contribution >= 4 is 17.4 Å². The summed E-state index contributed by atoms with van der Waals surface area (Å²) < 4.78 is 0. The number of benzene rings is 1. The summed E-state index contributed by atoms with van der Waals surface area (Å²) in [5, 5.41) is 16.0. The highest BCUT2D eigenvalue weighted by Gasteiger charge is 2.14. The lowest BCUT2D eigenvalue weighted by Crippen LogP contribution is -2.30. The monoisotopic (exact) mass is 317 g/mol. The summed E-state index contributed by atoms with van der Waals surface area (Å²) in [5.74, 6) is -0.607. The van der Waals surface area contributed by atoms with Crippen LogP contribution in [0, 0.1) is 0 Å². The van der Waals surface area contributed by atoms with Crippen molar-refractivity contribution in [2.75, 3.05) is 5.32 Å². The summed E-state index contributed by atoms with van der Waals surface area (Å²) in [6.07, 6.45) is 0.244. The molecule has 1 aromatic heterocycles. The van der Waals surface area contributed by atoms with Gasteiger partial charge in [0.1, 0.15) is 5.56 Å². The summed E-state index contributed by atoms with van der Waals surface area (Å²) in [5.41, 5.74) is 1.09. The van der Waals surface area contributed by atoms with Crippen molar-refractivity contribution in [3.05, 3.63) is 56.7 Å². The Bertz CT molecular complexity index is 838. The summed E-state index contributed by atoms with van der Waals surface area (Å²) in [7, 11) is 0. The first-order valence-electron chi connectivity index (χ1n) is 6.75. The van der Waals surface area contributed by atoms with E-state index < -0.39 is 23.2 Å². The van der Waals surface area contributed by atoms with Crippen LogP contribution in [-0.2, 0) is 0 Å². The van der Waals surface area contributed by atoms with Crippen LogP contribution in [0.5, 0.6) is 5.88 Å². The fourth-order valence-electron chi connectivity index (χ4n) is 1.85. The van der Waals surface area contributed by atoms with Crippen molar-refractivity contribution in [1.82, 2.24) is 15.4 Å². The maximum Gasteiger partial charge on any atom is 0.339 e. The number of H-pyrrole nitrogens is 2. The minimum atomic E-state index is -0.832. The van der Waals surface area contributed by atoms with Crippen molar-refractivity contribution in [3.63, 3.8) is 0 Å². The molecule has 2 aromatic rings. The van der Waals surface area contributed by atoms with E-state index in [0.717, 1.165) is 0 Å². The normalized spacial score (nSPS) is 11.1. The first-order valence-corrected chi connectivity index (χ1v) is 6.75. The lowest BCUT2D eigenvalue weighted by atomic mass is 10.1. The molecule has 0 spiro atoms. The summed E-state index contributed by atoms with van der Waals surface area (Å²) in [6.45, 7) is 1.68. The van der Waals surface area contributed by atoms with Crippen molar-refractivity contribution in [2.24, 2.45) is 5.10 Å². The molecular formula is C14H15N5O4. The zero-order valence-electron chi connectivity index (χ0n) is 12.2. The van der Waals surface area contributed by atoms with Crippen LogP contribution >= 0.6 is 0 Å². The van der Waals surface area contributed by atoms with Crippen LogP contribution < -0.4 is 22.0 Å². The number of hydrazone groups is 1. The summed E-state index contributed by atoms with van der Waals surface area (Å²) >= 11 is 0. The molecule has 23 heavy (non-hydrogen) atoms. The highest BCUT2D eigenvalue weighted by Crippen LogP contribution is 2.09. The van der Waals surface area contributed by atoms with E-state index in [0.29, 0.717) is 5.69 Å². The third-order valence-electron chi connectivity index (χ3n) is 2.87. The molecule has 0 aliphatic carbocycles. The van der Waals surface area contributed by atoms with Crippen LogP contribution in [0.25, 0.3) is 0 Å². The predicted molar refractivity (Wildman–Crippen MR) is 84.8 cm³/mol. The molecule has 5 N–H and O–H groups in total. The van der Waals surface area contributed by atoms with Crippen molar-refractivity contribution < 1.29 is 9.90 Å². The smallest absolute Gasteiger partial charge is 0.339 e. The molecule has 0 fully saturated rings. The van der Waals surface area contributed by atoms with Crippen LogP contribution in [0.4, 0.5) is 10.5 Å². The number of nitrogens with zero attached hydrogens (tertiary/aromatic N) is 1.